The zero-order valence-electron chi connectivity index (χ0n) is 10.6. The monoisotopic (exact) mass is 352 g/mol. The van der Waals surface area contributed by atoms with E-state index in [9.17, 15) is 21.6 Å². The lowest BCUT2D eigenvalue weighted by atomic mass is 10.3. The Morgan fingerprint density at radius 2 is 1.73 bits per heavy atom. The molecule has 1 aromatic carbocycles. The molecule has 0 aliphatic rings. The van der Waals surface area contributed by atoms with Crippen molar-refractivity contribution in [1.82, 2.24) is 4.98 Å². The summed E-state index contributed by atoms with van der Waals surface area (Å²) in [4.78, 5) is 3.52. The van der Waals surface area contributed by atoms with E-state index in [2.05, 4.69) is 14.4 Å². The van der Waals surface area contributed by atoms with E-state index in [1.165, 1.54) is 18.3 Å². The molecular weight excluding hydrogens is 345 g/mol. The Hall–Kier alpha value is -2.00. The SMILES string of the molecule is O=S(=O)(Nc1ccc(Cl)cn1)c1ccc(OC(F)(F)F)cc1. The number of nitrogens with one attached hydrogen (secondary N) is 1. The molecular formula is C12H8ClF3N2O3S. The van der Waals surface area contributed by atoms with Crippen molar-refractivity contribution in [2.24, 2.45) is 0 Å². The van der Waals surface area contributed by atoms with E-state index in [-0.39, 0.29) is 10.7 Å². The maximum absolute atomic E-state index is 12.0. The normalized spacial score (nSPS) is 12.0. The predicted molar refractivity (Wildman–Crippen MR) is 73.2 cm³/mol. The van der Waals surface area contributed by atoms with Gasteiger partial charge in [-0.2, -0.15) is 0 Å². The maximum atomic E-state index is 12.0. The average Bonchev–Trinajstić information content (AvgIpc) is 2.40. The maximum Gasteiger partial charge on any atom is 0.573 e. The average molecular weight is 353 g/mol. The molecule has 22 heavy (non-hydrogen) atoms. The van der Waals surface area contributed by atoms with E-state index in [0.29, 0.717) is 5.02 Å². The number of hydrogen-bond donors (Lipinski definition) is 1. The first-order chi connectivity index (χ1) is 10.2. The molecule has 5 nitrogen and oxygen atoms in total. The van der Waals surface area contributed by atoms with Gasteiger partial charge in [0.1, 0.15) is 11.6 Å². The van der Waals surface area contributed by atoms with E-state index in [4.69, 9.17) is 11.6 Å². The molecule has 2 rings (SSSR count). The van der Waals surface area contributed by atoms with Gasteiger partial charge in [-0.25, -0.2) is 13.4 Å². The van der Waals surface area contributed by atoms with Crippen LogP contribution in [0, 0.1) is 0 Å². The van der Waals surface area contributed by atoms with Gasteiger partial charge in [-0.3, -0.25) is 4.72 Å². The van der Waals surface area contributed by atoms with Gasteiger partial charge in [-0.05, 0) is 36.4 Å². The second-order valence-electron chi connectivity index (χ2n) is 3.99. The molecule has 10 heteroatoms. The number of hydrogen-bond acceptors (Lipinski definition) is 4. The minimum Gasteiger partial charge on any atom is -0.406 e. The molecule has 0 amide bonds. The Labute approximate surface area is 128 Å². The second-order valence-corrected chi connectivity index (χ2v) is 6.11. The minimum atomic E-state index is -4.84. The highest BCUT2D eigenvalue weighted by molar-refractivity contribution is 7.92. The highest BCUT2D eigenvalue weighted by Gasteiger charge is 2.31. The molecule has 1 N–H and O–H groups in total. The fourth-order valence-corrected chi connectivity index (χ4v) is 2.57. The summed E-state index contributed by atoms with van der Waals surface area (Å²) in [5.74, 6) is -0.490. The van der Waals surface area contributed by atoms with Crippen LogP contribution in [0.15, 0.2) is 47.5 Å². The molecule has 0 fully saturated rings. The van der Waals surface area contributed by atoms with Gasteiger partial charge in [-0.1, -0.05) is 11.6 Å². The summed E-state index contributed by atoms with van der Waals surface area (Å²) in [6.45, 7) is 0. The van der Waals surface area contributed by atoms with Crippen molar-refractivity contribution in [1.29, 1.82) is 0 Å². The molecule has 0 saturated carbocycles. The number of nitrogens with zero attached hydrogens (tertiary/aromatic N) is 1. The van der Waals surface area contributed by atoms with Crippen LogP contribution in [0.1, 0.15) is 0 Å². The Balaban J connectivity index is 2.17. The number of rotatable bonds is 4. The highest BCUT2D eigenvalue weighted by atomic mass is 35.5. The molecule has 0 atom stereocenters. The zero-order chi connectivity index (χ0) is 16.4. The fourth-order valence-electron chi connectivity index (χ4n) is 1.45. The molecule has 2 aromatic rings. The molecule has 0 aliphatic carbocycles. The summed E-state index contributed by atoms with van der Waals surface area (Å²) in [6, 6.07) is 6.56. The summed E-state index contributed by atoms with van der Waals surface area (Å²) in [5.41, 5.74) is 0. The number of ether oxygens (including phenoxy) is 1. The van der Waals surface area contributed by atoms with E-state index in [1.54, 1.807) is 0 Å². The van der Waals surface area contributed by atoms with Crippen LogP contribution in [0.5, 0.6) is 5.75 Å². The van der Waals surface area contributed by atoms with E-state index < -0.39 is 22.1 Å². The quantitative estimate of drug-likeness (QED) is 0.915. The van der Waals surface area contributed by atoms with Gasteiger partial charge in [0.25, 0.3) is 10.0 Å². The topological polar surface area (TPSA) is 68.3 Å². The van der Waals surface area contributed by atoms with Gasteiger partial charge >= 0.3 is 6.36 Å². The first-order valence-corrected chi connectivity index (χ1v) is 7.52. The molecule has 0 spiro atoms. The molecule has 118 valence electrons. The smallest absolute Gasteiger partial charge is 0.406 e. The number of halogens is 4. The third-order valence-electron chi connectivity index (χ3n) is 2.33. The minimum absolute atomic E-state index is 0.0278. The Morgan fingerprint density at radius 1 is 1.09 bits per heavy atom. The fraction of sp³-hybridized carbons (Fsp3) is 0.0833. The zero-order valence-corrected chi connectivity index (χ0v) is 12.2. The molecule has 0 saturated heterocycles. The van der Waals surface area contributed by atoms with Crippen LogP contribution < -0.4 is 9.46 Å². The number of alkyl halides is 3. The largest absolute Gasteiger partial charge is 0.573 e. The van der Waals surface area contributed by atoms with Gasteiger partial charge in [0.2, 0.25) is 0 Å². The lowest BCUT2D eigenvalue weighted by Gasteiger charge is -2.10. The van der Waals surface area contributed by atoms with Crippen molar-refractivity contribution < 1.29 is 26.3 Å². The van der Waals surface area contributed by atoms with Crippen LogP contribution >= 0.6 is 11.6 Å². The second kappa shape index (κ2) is 6.01. The Kier molecular flexibility index (Phi) is 4.47. The summed E-state index contributed by atoms with van der Waals surface area (Å²) in [6.07, 6.45) is -3.59. The van der Waals surface area contributed by atoms with Crippen LogP contribution in [0.2, 0.25) is 5.02 Å². The van der Waals surface area contributed by atoms with E-state index in [0.717, 1.165) is 24.3 Å². The highest BCUT2D eigenvalue weighted by Crippen LogP contribution is 2.24. The third-order valence-corrected chi connectivity index (χ3v) is 3.93. The van der Waals surface area contributed by atoms with Crippen molar-refractivity contribution in [2.45, 2.75) is 11.3 Å². The number of anilines is 1. The van der Waals surface area contributed by atoms with E-state index in [1.807, 2.05) is 0 Å². The molecule has 1 aromatic heterocycles. The van der Waals surface area contributed by atoms with Crippen LogP contribution in [0.3, 0.4) is 0 Å². The van der Waals surface area contributed by atoms with Crippen LogP contribution in [0.25, 0.3) is 0 Å². The van der Waals surface area contributed by atoms with E-state index >= 15 is 0 Å². The summed E-state index contributed by atoms with van der Waals surface area (Å²) in [5, 5.41) is 0.330. The van der Waals surface area contributed by atoms with Crippen LogP contribution in [0.4, 0.5) is 19.0 Å². The third kappa shape index (κ3) is 4.50. The van der Waals surface area contributed by atoms with Crippen molar-refractivity contribution in [3.63, 3.8) is 0 Å². The number of aromatic nitrogens is 1. The van der Waals surface area contributed by atoms with Crippen LogP contribution in [-0.2, 0) is 10.0 Å². The molecule has 0 unspecified atom stereocenters. The van der Waals surface area contributed by atoms with Crippen molar-refractivity contribution in [3.05, 3.63) is 47.6 Å². The van der Waals surface area contributed by atoms with Crippen molar-refractivity contribution in [3.8, 4) is 5.75 Å². The van der Waals surface area contributed by atoms with Gasteiger partial charge in [0.05, 0.1) is 9.92 Å². The molecule has 0 aliphatic heterocycles. The summed E-state index contributed by atoms with van der Waals surface area (Å²) >= 11 is 5.62. The first kappa shape index (κ1) is 16.4. The number of sulfonamides is 1. The van der Waals surface area contributed by atoms with Gasteiger partial charge in [-0.15, -0.1) is 13.2 Å². The van der Waals surface area contributed by atoms with Crippen molar-refractivity contribution >= 4 is 27.4 Å². The Bertz CT molecular complexity index is 747. The van der Waals surface area contributed by atoms with Gasteiger partial charge in [0.15, 0.2) is 0 Å². The van der Waals surface area contributed by atoms with Crippen molar-refractivity contribution in [2.75, 3.05) is 4.72 Å². The molecule has 1 heterocycles. The lowest BCUT2D eigenvalue weighted by Crippen LogP contribution is -2.17. The first-order valence-electron chi connectivity index (χ1n) is 5.66. The standard InChI is InChI=1S/C12H8ClF3N2O3S/c13-8-1-6-11(17-7-8)18-22(19,20)10-4-2-9(3-5-10)21-12(14,15)16/h1-7H,(H,17,18). The molecule has 0 bridgehead atoms. The summed E-state index contributed by atoms with van der Waals surface area (Å²) < 4.78 is 66.0. The predicted octanol–water partition coefficient (Wildman–Crippen LogP) is 3.43. The molecule has 0 radical (unpaired) electrons. The van der Waals surface area contributed by atoms with Gasteiger partial charge < -0.3 is 4.74 Å². The van der Waals surface area contributed by atoms with Gasteiger partial charge in [0, 0.05) is 6.20 Å². The van der Waals surface area contributed by atoms with Crippen LogP contribution in [-0.4, -0.2) is 19.8 Å². The Morgan fingerprint density at radius 3 is 2.23 bits per heavy atom. The number of benzene rings is 1. The summed E-state index contributed by atoms with van der Waals surface area (Å²) in [7, 11) is -3.98. The number of pyridine rings is 1. The lowest BCUT2D eigenvalue weighted by molar-refractivity contribution is -0.274.